The quantitative estimate of drug-likeness (QED) is 0.810. The number of nitrogens with zero attached hydrogens (tertiary/aromatic N) is 1. The summed E-state index contributed by atoms with van der Waals surface area (Å²) in [5.74, 6) is -0.0654. The SMILES string of the molecule is O=C(c1ccc(=O)[nH]c1)N(CCCO)C1CCC1. The predicted octanol–water partition coefficient (Wildman–Crippen LogP) is 0.752. The van der Waals surface area contributed by atoms with Gasteiger partial charge < -0.3 is 15.0 Å². The standard InChI is InChI=1S/C13H18N2O3/c16-8-2-7-15(11-3-1-4-11)13(18)10-5-6-12(17)14-9-10/h5-6,9,11,16H,1-4,7-8H2,(H,14,17). The summed E-state index contributed by atoms with van der Waals surface area (Å²) in [7, 11) is 0. The minimum absolute atomic E-state index is 0.0654. The number of hydrogen-bond acceptors (Lipinski definition) is 3. The van der Waals surface area contributed by atoms with Crippen molar-refractivity contribution in [2.45, 2.75) is 31.7 Å². The first-order chi connectivity index (χ1) is 8.72. The number of aromatic amines is 1. The first kappa shape index (κ1) is 12.8. The second-order valence-corrected chi connectivity index (χ2v) is 4.60. The lowest BCUT2D eigenvalue weighted by atomic mass is 9.91. The van der Waals surface area contributed by atoms with Crippen LogP contribution in [0.5, 0.6) is 0 Å². The largest absolute Gasteiger partial charge is 0.396 e. The molecule has 0 saturated heterocycles. The number of aromatic nitrogens is 1. The molecule has 1 fully saturated rings. The second kappa shape index (κ2) is 5.82. The maximum absolute atomic E-state index is 12.3. The number of carbonyl (C=O) groups excluding carboxylic acids is 1. The molecule has 5 heteroatoms. The zero-order chi connectivity index (χ0) is 13.0. The number of nitrogens with one attached hydrogen (secondary N) is 1. The molecule has 1 heterocycles. The van der Waals surface area contributed by atoms with E-state index in [2.05, 4.69) is 4.98 Å². The maximum Gasteiger partial charge on any atom is 0.255 e. The average molecular weight is 250 g/mol. The fourth-order valence-electron chi connectivity index (χ4n) is 2.10. The molecule has 1 aliphatic rings. The Labute approximate surface area is 105 Å². The van der Waals surface area contributed by atoms with E-state index in [4.69, 9.17) is 5.11 Å². The first-order valence-corrected chi connectivity index (χ1v) is 6.33. The van der Waals surface area contributed by atoms with Gasteiger partial charge in [0, 0.05) is 31.5 Å². The van der Waals surface area contributed by atoms with E-state index in [1.165, 1.54) is 12.3 Å². The summed E-state index contributed by atoms with van der Waals surface area (Å²) >= 11 is 0. The van der Waals surface area contributed by atoms with Crippen LogP contribution in [-0.4, -0.2) is 40.1 Å². The van der Waals surface area contributed by atoms with E-state index in [9.17, 15) is 9.59 Å². The van der Waals surface area contributed by atoms with Crippen LogP contribution in [0.1, 0.15) is 36.0 Å². The Balaban J connectivity index is 2.11. The minimum atomic E-state index is -0.211. The van der Waals surface area contributed by atoms with Gasteiger partial charge in [0.05, 0.1) is 5.56 Å². The summed E-state index contributed by atoms with van der Waals surface area (Å²) < 4.78 is 0. The number of aliphatic hydroxyl groups excluding tert-OH is 1. The van der Waals surface area contributed by atoms with E-state index in [0.717, 1.165) is 19.3 Å². The van der Waals surface area contributed by atoms with Gasteiger partial charge in [-0.05, 0) is 31.7 Å². The minimum Gasteiger partial charge on any atom is -0.396 e. The Morgan fingerprint density at radius 2 is 2.22 bits per heavy atom. The summed E-state index contributed by atoms with van der Waals surface area (Å²) in [6.45, 7) is 0.654. The lowest BCUT2D eigenvalue weighted by Gasteiger charge is -2.37. The van der Waals surface area contributed by atoms with Crippen molar-refractivity contribution in [2.24, 2.45) is 0 Å². The van der Waals surface area contributed by atoms with E-state index in [-0.39, 0.29) is 24.1 Å². The highest BCUT2D eigenvalue weighted by molar-refractivity contribution is 5.94. The third-order valence-corrected chi connectivity index (χ3v) is 3.36. The summed E-state index contributed by atoms with van der Waals surface area (Å²) in [6.07, 6.45) is 5.25. The fourth-order valence-corrected chi connectivity index (χ4v) is 2.10. The molecule has 0 bridgehead atoms. The molecule has 1 saturated carbocycles. The van der Waals surface area contributed by atoms with Gasteiger partial charge in [-0.1, -0.05) is 0 Å². The van der Waals surface area contributed by atoms with Crippen molar-refractivity contribution in [3.8, 4) is 0 Å². The van der Waals surface area contributed by atoms with Crippen LogP contribution in [0.25, 0.3) is 0 Å². The van der Waals surface area contributed by atoms with Crippen molar-refractivity contribution >= 4 is 5.91 Å². The Morgan fingerprint density at radius 3 is 2.72 bits per heavy atom. The van der Waals surface area contributed by atoms with E-state index in [0.29, 0.717) is 18.5 Å². The molecule has 1 aliphatic carbocycles. The highest BCUT2D eigenvalue weighted by atomic mass is 16.3. The maximum atomic E-state index is 12.3. The molecule has 1 aromatic heterocycles. The van der Waals surface area contributed by atoms with Gasteiger partial charge in [0.15, 0.2) is 0 Å². The molecular formula is C13H18N2O3. The van der Waals surface area contributed by atoms with Crippen molar-refractivity contribution in [3.63, 3.8) is 0 Å². The average Bonchev–Trinajstić information content (AvgIpc) is 2.32. The number of carbonyl (C=O) groups is 1. The van der Waals surface area contributed by atoms with Gasteiger partial charge in [-0.2, -0.15) is 0 Å². The van der Waals surface area contributed by atoms with Crippen molar-refractivity contribution < 1.29 is 9.90 Å². The van der Waals surface area contributed by atoms with Gasteiger partial charge in [-0.3, -0.25) is 9.59 Å². The molecule has 0 atom stereocenters. The van der Waals surface area contributed by atoms with E-state index >= 15 is 0 Å². The fraction of sp³-hybridized carbons (Fsp3) is 0.538. The third-order valence-electron chi connectivity index (χ3n) is 3.36. The third kappa shape index (κ3) is 2.79. The topological polar surface area (TPSA) is 73.4 Å². The van der Waals surface area contributed by atoms with Crippen LogP contribution in [-0.2, 0) is 0 Å². The van der Waals surface area contributed by atoms with Gasteiger partial charge >= 0.3 is 0 Å². The molecule has 1 aromatic rings. The van der Waals surface area contributed by atoms with E-state index in [1.807, 2.05) is 4.90 Å². The summed E-state index contributed by atoms with van der Waals surface area (Å²) in [5.41, 5.74) is 0.288. The number of H-pyrrole nitrogens is 1. The van der Waals surface area contributed by atoms with Crippen molar-refractivity contribution in [1.82, 2.24) is 9.88 Å². The summed E-state index contributed by atoms with van der Waals surface area (Å²) in [4.78, 5) is 27.6. The highest BCUT2D eigenvalue weighted by Crippen LogP contribution is 2.26. The molecular weight excluding hydrogens is 232 g/mol. The molecule has 0 spiro atoms. The number of amides is 1. The van der Waals surface area contributed by atoms with Crippen LogP contribution in [0.2, 0.25) is 0 Å². The highest BCUT2D eigenvalue weighted by Gasteiger charge is 2.28. The molecule has 18 heavy (non-hydrogen) atoms. The number of aliphatic hydroxyl groups is 1. The zero-order valence-corrected chi connectivity index (χ0v) is 10.3. The number of pyridine rings is 1. The molecule has 2 N–H and O–H groups in total. The van der Waals surface area contributed by atoms with Gasteiger partial charge in [0.2, 0.25) is 5.56 Å². The number of hydrogen-bond donors (Lipinski definition) is 2. The van der Waals surface area contributed by atoms with Crippen molar-refractivity contribution in [2.75, 3.05) is 13.2 Å². The monoisotopic (exact) mass is 250 g/mol. The van der Waals surface area contributed by atoms with Crippen molar-refractivity contribution in [3.05, 3.63) is 34.2 Å². The molecule has 2 rings (SSSR count). The van der Waals surface area contributed by atoms with Gasteiger partial charge in [0.1, 0.15) is 0 Å². The van der Waals surface area contributed by atoms with Crippen LogP contribution < -0.4 is 5.56 Å². The summed E-state index contributed by atoms with van der Waals surface area (Å²) in [5, 5.41) is 8.89. The van der Waals surface area contributed by atoms with E-state index in [1.54, 1.807) is 6.07 Å². The van der Waals surface area contributed by atoms with Crippen molar-refractivity contribution in [1.29, 1.82) is 0 Å². The summed E-state index contributed by atoms with van der Waals surface area (Å²) in [6, 6.07) is 3.19. The first-order valence-electron chi connectivity index (χ1n) is 6.33. The zero-order valence-electron chi connectivity index (χ0n) is 10.3. The second-order valence-electron chi connectivity index (χ2n) is 4.60. The molecule has 0 unspecified atom stereocenters. The van der Waals surface area contributed by atoms with Crippen LogP contribution in [0, 0.1) is 0 Å². The molecule has 0 aliphatic heterocycles. The lowest BCUT2D eigenvalue weighted by molar-refractivity contribution is 0.0562. The predicted molar refractivity (Wildman–Crippen MR) is 67.4 cm³/mol. The van der Waals surface area contributed by atoms with Crippen LogP contribution in [0.3, 0.4) is 0 Å². The molecule has 98 valence electrons. The van der Waals surface area contributed by atoms with Gasteiger partial charge in [-0.15, -0.1) is 0 Å². The Hall–Kier alpha value is -1.62. The van der Waals surface area contributed by atoms with Gasteiger partial charge in [-0.25, -0.2) is 0 Å². The normalized spacial score (nSPS) is 15.2. The van der Waals surface area contributed by atoms with Crippen LogP contribution in [0.15, 0.2) is 23.1 Å². The molecule has 0 radical (unpaired) electrons. The van der Waals surface area contributed by atoms with Gasteiger partial charge in [0.25, 0.3) is 5.91 Å². The lowest BCUT2D eigenvalue weighted by Crippen LogP contribution is -2.45. The number of rotatable bonds is 5. The molecule has 0 aromatic carbocycles. The Morgan fingerprint density at radius 1 is 1.44 bits per heavy atom. The molecule has 5 nitrogen and oxygen atoms in total. The van der Waals surface area contributed by atoms with E-state index < -0.39 is 0 Å². The van der Waals surface area contributed by atoms with Crippen LogP contribution >= 0.6 is 0 Å². The smallest absolute Gasteiger partial charge is 0.255 e. The van der Waals surface area contributed by atoms with Crippen LogP contribution in [0.4, 0.5) is 0 Å². The Bertz CT molecular complexity index is 445. The molecule has 1 amide bonds. The Kier molecular flexibility index (Phi) is 4.15.